The summed E-state index contributed by atoms with van der Waals surface area (Å²) in [6.07, 6.45) is 2.32. The summed E-state index contributed by atoms with van der Waals surface area (Å²) in [5.41, 5.74) is 5.02. The summed E-state index contributed by atoms with van der Waals surface area (Å²) in [6.45, 7) is 0. The molecule has 0 aliphatic rings. The minimum atomic E-state index is 0.608. The van der Waals surface area contributed by atoms with Crippen molar-refractivity contribution in [2.24, 2.45) is 0 Å². The number of furan rings is 1. The second-order valence-electron chi connectivity index (χ2n) is 6.19. The molecule has 0 fully saturated rings. The van der Waals surface area contributed by atoms with Crippen molar-refractivity contribution in [1.82, 2.24) is 0 Å². The predicted octanol–water partition coefficient (Wildman–Crippen LogP) is 5.32. The maximum Gasteiger partial charge on any atom is 0.150 e. The molecule has 0 aliphatic heterocycles. The quantitative estimate of drug-likeness (QED) is 0.462. The van der Waals surface area contributed by atoms with Crippen LogP contribution >= 0.6 is 0 Å². The number of aldehydes is 2. The van der Waals surface area contributed by atoms with E-state index < -0.39 is 0 Å². The Morgan fingerprint density at radius 2 is 1.50 bits per heavy atom. The van der Waals surface area contributed by atoms with Crippen LogP contribution in [0.15, 0.2) is 77.2 Å². The van der Waals surface area contributed by atoms with Crippen LogP contribution < -0.4 is 0 Å². The van der Waals surface area contributed by atoms with E-state index in [1.54, 1.807) is 12.1 Å². The molecule has 0 atom stereocenters. The SMILES string of the molecule is O=Cc1cccc(Cc2c(-c3cccc(C=O)c3)oc3ccccc23)c1. The topological polar surface area (TPSA) is 47.3 Å². The number of carbonyl (C=O) groups is 2. The molecule has 1 aromatic heterocycles. The molecule has 1 heterocycles. The van der Waals surface area contributed by atoms with Gasteiger partial charge in [-0.15, -0.1) is 0 Å². The monoisotopic (exact) mass is 340 g/mol. The zero-order valence-corrected chi connectivity index (χ0v) is 14.0. The van der Waals surface area contributed by atoms with E-state index in [9.17, 15) is 9.59 Å². The van der Waals surface area contributed by atoms with Crippen molar-refractivity contribution in [3.63, 3.8) is 0 Å². The molecule has 0 bridgehead atoms. The van der Waals surface area contributed by atoms with Crippen molar-refractivity contribution < 1.29 is 14.0 Å². The van der Waals surface area contributed by atoms with Gasteiger partial charge in [-0.25, -0.2) is 0 Å². The molecular formula is C23H16O3. The van der Waals surface area contributed by atoms with Gasteiger partial charge in [0.2, 0.25) is 0 Å². The van der Waals surface area contributed by atoms with Crippen LogP contribution in [0.4, 0.5) is 0 Å². The predicted molar refractivity (Wildman–Crippen MR) is 102 cm³/mol. The fraction of sp³-hybridized carbons (Fsp3) is 0.0435. The third-order valence-corrected chi connectivity index (χ3v) is 4.45. The van der Waals surface area contributed by atoms with Crippen LogP contribution in [-0.4, -0.2) is 12.6 Å². The van der Waals surface area contributed by atoms with E-state index in [-0.39, 0.29) is 0 Å². The average Bonchev–Trinajstić information content (AvgIpc) is 3.07. The molecule has 3 nitrogen and oxygen atoms in total. The van der Waals surface area contributed by atoms with Crippen LogP contribution in [0.1, 0.15) is 31.8 Å². The Labute approximate surface area is 150 Å². The van der Waals surface area contributed by atoms with Gasteiger partial charge < -0.3 is 4.42 Å². The smallest absolute Gasteiger partial charge is 0.150 e. The largest absolute Gasteiger partial charge is 0.456 e. The van der Waals surface area contributed by atoms with Gasteiger partial charge in [-0.05, 0) is 23.8 Å². The van der Waals surface area contributed by atoms with Gasteiger partial charge in [0.25, 0.3) is 0 Å². The van der Waals surface area contributed by atoms with E-state index >= 15 is 0 Å². The molecule has 0 aliphatic carbocycles. The highest BCUT2D eigenvalue weighted by Gasteiger charge is 2.16. The summed E-state index contributed by atoms with van der Waals surface area (Å²) in [6, 6.07) is 22.8. The van der Waals surface area contributed by atoms with Gasteiger partial charge in [-0.2, -0.15) is 0 Å². The Balaban J connectivity index is 1.88. The van der Waals surface area contributed by atoms with E-state index in [2.05, 4.69) is 0 Å². The molecule has 0 saturated carbocycles. The Kier molecular flexibility index (Phi) is 4.20. The first-order chi connectivity index (χ1) is 12.8. The molecule has 3 aromatic carbocycles. The van der Waals surface area contributed by atoms with Gasteiger partial charge >= 0.3 is 0 Å². The lowest BCUT2D eigenvalue weighted by atomic mass is 9.97. The summed E-state index contributed by atoms with van der Waals surface area (Å²) in [7, 11) is 0. The molecule has 4 rings (SSSR count). The third kappa shape index (κ3) is 2.95. The molecule has 0 unspecified atom stereocenters. The Bertz CT molecular complexity index is 1110. The molecular weight excluding hydrogens is 324 g/mol. The molecule has 0 radical (unpaired) electrons. The number of benzene rings is 3. The molecule has 126 valence electrons. The number of hydrogen-bond donors (Lipinski definition) is 0. The zero-order valence-electron chi connectivity index (χ0n) is 14.0. The first-order valence-electron chi connectivity index (χ1n) is 8.38. The second-order valence-corrected chi connectivity index (χ2v) is 6.19. The van der Waals surface area contributed by atoms with E-state index in [1.807, 2.05) is 60.7 Å². The molecule has 26 heavy (non-hydrogen) atoms. The highest BCUT2D eigenvalue weighted by Crippen LogP contribution is 2.35. The number of fused-ring (bicyclic) bond motifs is 1. The number of para-hydroxylation sites is 1. The lowest BCUT2D eigenvalue weighted by Gasteiger charge is -2.05. The zero-order chi connectivity index (χ0) is 17.9. The molecule has 0 saturated heterocycles. The van der Waals surface area contributed by atoms with Crippen molar-refractivity contribution in [2.75, 3.05) is 0 Å². The van der Waals surface area contributed by atoms with Gasteiger partial charge in [0, 0.05) is 34.1 Å². The lowest BCUT2D eigenvalue weighted by molar-refractivity contribution is 0.111. The molecule has 3 heteroatoms. The number of rotatable bonds is 5. The average molecular weight is 340 g/mol. The highest BCUT2D eigenvalue weighted by atomic mass is 16.3. The van der Waals surface area contributed by atoms with Gasteiger partial charge in [-0.3, -0.25) is 9.59 Å². The van der Waals surface area contributed by atoms with E-state index in [0.717, 1.165) is 46.0 Å². The Hall–Kier alpha value is -3.46. The second kappa shape index (κ2) is 6.81. The maximum absolute atomic E-state index is 11.1. The van der Waals surface area contributed by atoms with Crippen LogP contribution in [0.25, 0.3) is 22.3 Å². The normalized spacial score (nSPS) is 10.8. The van der Waals surface area contributed by atoms with Crippen molar-refractivity contribution in [1.29, 1.82) is 0 Å². The van der Waals surface area contributed by atoms with Crippen LogP contribution in [0.2, 0.25) is 0 Å². The van der Waals surface area contributed by atoms with Gasteiger partial charge in [-0.1, -0.05) is 54.6 Å². The minimum Gasteiger partial charge on any atom is -0.456 e. The fourth-order valence-electron chi connectivity index (χ4n) is 3.24. The summed E-state index contributed by atoms with van der Waals surface area (Å²) >= 11 is 0. The van der Waals surface area contributed by atoms with Crippen molar-refractivity contribution in [3.05, 3.63) is 95.1 Å². The molecule has 0 spiro atoms. The highest BCUT2D eigenvalue weighted by molar-refractivity contribution is 5.89. The van der Waals surface area contributed by atoms with E-state index in [1.165, 1.54) is 0 Å². The minimum absolute atomic E-state index is 0.608. The summed E-state index contributed by atoms with van der Waals surface area (Å²) < 4.78 is 6.13. The van der Waals surface area contributed by atoms with Gasteiger partial charge in [0.05, 0.1) is 0 Å². The summed E-state index contributed by atoms with van der Waals surface area (Å²) in [5.74, 6) is 0.756. The Morgan fingerprint density at radius 1 is 0.769 bits per heavy atom. The molecule has 0 N–H and O–H groups in total. The summed E-state index contributed by atoms with van der Waals surface area (Å²) in [5, 5.41) is 1.04. The lowest BCUT2D eigenvalue weighted by Crippen LogP contribution is -1.92. The van der Waals surface area contributed by atoms with Crippen LogP contribution in [0.5, 0.6) is 0 Å². The van der Waals surface area contributed by atoms with Crippen LogP contribution in [0, 0.1) is 0 Å². The maximum atomic E-state index is 11.1. The number of carbonyl (C=O) groups excluding carboxylic acids is 2. The first-order valence-corrected chi connectivity index (χ1v) is 8.38. The number of hydrogen-bond acceptors (Lipinski definition) is 3. The van der Waals surface area contributed by atoms with Crippen molar-refractivity contribution in [2.45, 2.75) is 6.42 Å². The first kappa shape index (κ1) is 16.0. The molecule has 4 aromatic rings. The van der Waals surface area contributed by atoms with Gasteiger partial charge in [0.15, 0.2) is 0 Å². The van der Waals surface area contributed by atoms with E-state index in [0.29, 0.717) is 17.5 Å². The van der Waals surface area contributed by atoms with Crippen molar-refractivity contribution >= 4 is 23.5 Å². The van der Waals surface area contributed by atoms with Crippen molar-refractivity contribution in [3.8, 4) is 11.3 Å². The van der Waals surface area contributed by atoms with Gasteiger partial charge in [0.1, 0.15) is 23.9 Å². The van der Waals surface area contributed by atoms with E-state index in [4.69, 9.17) is 4.42 Å². The Morgan fingerprint density at radius 3 is 2.31 bits per heavy atom. The molecule has 0 amide bonds. The standard InChI is InChI=1S/C23H16O3/c24-14-17-6-3-5-16(11-17)13-21-20-9-1-2-10-22(20)26-23(21)19-8-4-7-18(12-19)15-25/h1-12,14-15H,13H2. The third-order valence-electron chi connectivity index (χ3n) is 4.45. The van der Waals surface area contributed by atoms with Crippen LogP contribution in [0.3, 0.4) is 0 Å². The van der Waals surface area contributed by atoms with Crippen LogP contribution in [-0.2, 0) is 6.42 Å². The summed E-state index contributed by atoms with van der Waals surface area (Å²) in [4.78, 5) is 22.2. The fourth-order valence-corrected chi connectivity index (χ4v) is 3.24.